The van der Waals surface area contributed by atoms with E-state index in [0.717, 1.165) is 22.7 Å². The largest absolute Gasteiger partial charge is 0.465 e. The predicted molar refractivity (Wildman–Crippen MR) is 82.5 cm³/mol. The third-order valence-electron chi connectivity index (χ3n) is 3.11. The van der Waals surface area contributed by atoms with Crippen LogP contribution in [0.1, 0.15) is 20.8 Å². The van der Waals surface area contributed by atoms with Crippen molar-refractivity contribution < 1.29 is 9.53 Å². The highest BCUT2D eigenvalue weighted by Gasteiger charge is 2.25. The molecule has 0 unspecified atom stereocenters. The molecule has 7 heteroatoms. The zero-order valence-corrected chi connectivity index (χ0v) is 13.7. The molecule has 0 saturated heterocycles. The van der Waals surface area contributed by atoms with E-state index in [4.69, 9.17) is 16.3 Å². The van der Waals surface area contributed by atoms with Crippen molar-refractivity contribution in [3.8, 4) is 0 Å². The molecule has 0 fully saturated rings. The molecule has 0 radical (unpaired) electrons. The highest BCUT2D eigenvalue weighted by molar-refractivity contribution is 9.10. The molecule has 1 aliphatic heterocycles. The van der Waals surface area contributed by atoms with E-state index >= 15 is 0 Å². The molecule has 2 heterocycles. The molecule has 20 heavy (non-hydrogen) atoms. The van der Waals surface area contributed by atoms with Gasteiger partial charge in [-0.25, -0.2) is 9.78 Å². The number of rotatable bonds is 2. The fourth-order valence-corrected chi connectivity index (χ4v) is 3.75. The molecule has 0 N–H and O–H groups in total. The van der Waals surface area contributed by atoms with Crippen molar-refractivity contribution in [3.63, 3.8) is 0 Å². The van der Waals surface area contributed by atoms with Crippen molar-refractivity contribution in [2.24, 2.45) is 0 Å². The summed E-state index contributed by atoms with van der Waals surface area (Å²) in [5.74, 6) is -0.446. The molecule has 0 bridgehead atoms. The highest BCUT2D eigenvalue weighted by atomic mass is 79.9. The van der Waals surface area contributed by atoms with Gasteiger partial charge < -0.3 is 9.64 Å². The maximum atomic E-state index is 11.6. The van der Waals surface area contributed by atoms with Gasteiger partial charge >= 0.3 is 5.97 Å². The van der Waals surface area contributed by atoms with Crippen molar-refractivity contribution in [3.05, 3.63) is 43.8 Å². The second kappa shape index (κ2) is 5.35. The predicted octanol–water partition coefficient (Wildman–Crippen LogP) is 3.87. The molecule has 3 rings (SSSR count). The monoisotopic (exact) mass is 372 g/mol. The van der Waals surface area contributed by atoms with Gasteiger partial charge in [-0.2, -0.15) is 0 Å². The number of ether oxygens (including phenoxy) is 1. The third-order valence-corrected chi connectivity index (χ3v) is 5.08. The number of esters is 1. The molecular formula is C13H10BrClN2O2S. The Morgan fingerprint density at radius 3 is 2.95 bits per heavy atom. The topological polar surface area (TPSA) is 42.4 Å². The number of thiazole rings is 1. The first-order chi connectivity index (χ1) is 9.58. The molecule has 4 nitrogen and oxygen atoms in total. The lowest BCUT2D eigenvalue weighted by molar-refractivity contribution is 0.0606. The normalized spacial score (nSPS) is 13.4. The van der Waals surface area contributed by atoms with Crippen LogP contribution in [0.4, 0.5) is 5.13 Å². The molecule has 0 atom stereocenters. The van der Waals surface area contributed by atoms with Crippen molar-refractivity contribution >= 4 is 50.0 Å². The fourth-order valence-electron chi connectivity index (χ4n) is 2.14. The maximum Gasteiger partial charge on any atom is 0.351 e. The van der Waals surface area contributed by atoms with E-state index in [2.05, 4.69) is 37.9 Å². The Morgan fingerprint density at radius 1 is 1.45 bits per heavy atom. The average Bonchev–Trinajstić information content (AvgIpc) is 3.00. The summed E-state index contributed by atoms with van der Waals surface area (Å²) in [5, 5.41) is 0.941. The molecule has 1 aromatic heterocycles. The SMILES string of the molecule is COC(=O)c1sc(N2Cc3ccc(Br)cc3C2)nc1Cl. The van der Waals surface area contributed by atoms with Crippen LogP contribution in [0.2, 0.25) is 5.15 Å². The van der Waals surface area contributed by atoms with Crippen molar-refractivity contribution in [1.29, 1.82) is 0 Å². The Morgan fingerprint density at radius 2 is 2.20 bits per heavy atom. The third kappa shape index (κ3) is 2.43. The number of carbonyl (C=O) groups excluding carboxylic acids is 1. The molecule has 0 aliphatic carbocycles. The summed E-state index contributed by atoms with van der Waals surface area (Å²) >= 11 is 10.7. The molecule has 2 aromatic rings. The number of methoxy groups -OCH3 is 1. The lowest BCUT2D eigenvalue weighted by atomic mass is 10.1. The summed E-state index contributed by atoms with van der Waals surface area (Å²) in [6.45, 7) is 1.53. The van der Waals surface area contributed by atoms with Crippen molar-refractivity contribution in [1.82, 2.24) is 4.98 Å². The number of carbonyl (C=O) groups is 1. The molecule has 1 aliphatic rings. The number of hydrogen-bond acceptors (Lipinski definition) is 5. The van der Waals surface area contributed by atoms with Gasteiger partial charge in [-0.05, 0) is 23.3 Å². The standard InChI is InChI=1S/C13H10BrClN2O2S/c1-19-12(18)10-11(15)16-13(20-10)17-5-7-2-3-9(14)4-8(7)6-17/h2-4H,5-6H2,1H3. The molecule has 1 aromatic carbocycles. The van der Waals surface area contributed by atoms with E-state index in [-0.39, 0.29) is 5.15 Å². The van der Waals surface area contributed by atoms with Gasteiger partial charge in [0.2, 0.25) is 0 Å². The van der Waals surface area contributed by atoms with Crippen LogP contribution in [-0.2, 0) is 17.8 Å². The van der Waals surface area contributed by atoms with Gasteiger partial charge in [0.15, 0.2) is 15.2 Å². The molecule has 104 valence electrons. The minimum absolute atomic E-state index is 0.203. The molecule has 0 amide bonds. The lowest BCUT2D eigenvalue weighted by Crippen LogP contribution is -2.13. The number of anilines is 1. The summed E-state index contributed by atoms with van der Waals surface area (Å²) in [7, 11) is 1.33. The number of fused-ring (bicyclic) bond motifs is 1. The van der Waals surface area contributed by atoms with Crippen LogP contribution in [0.5, 0.6) is 0 Å². The number of nitrogens with zero attached hydrogens (tertiary/aromatic N) is 2. The quantitative estimate of drug-likeness (QED) is 0.750. The number of aromatic nitrogens is 1. The van der Waals surface area contributed by atoms with E-state index < -0.39 is 5.97 Å². The molecule has 0 spiro atoms. The summed E-state index contributed by atoms with van der Waals surface area (Å²) in [6, 6.07) is 6.22. The van der Waals surface area contributed by atoms with Gasteiger partial charge in [0.05, 0.1) is 7.11 Å². The van der Waals surface area contributed by atoms with E-state index in [9.17, 15) is 4.79 Å². The van der Waals surface area contributed by atoms with Crippen LogP contribution in [0.3, 0.4) is 0 Å². The zero-order valence-electron chi connectivity index (χ0n) is 10.5. The van der Waals surface area contributed by atoms with Crippen LogP contribution in [-0.4, -0.2) is 18.1 Å². The van der Waals surface area contributed by atoms with Crippen LogP contribution in [0.25, 0.3) is 0 Å². The number of halogens is 2. The van der Waals surface area contributed by atoms with E-state index in [1.54, 1.807) is 0 Å². The summed E-state index contributed by atoms with van der Waals surface area (Å²) in [4.78, 5) is 18.3. The Bertz CT molecular complexity index is 689. The second-order valence-corrected chi connectivity index (χ2v) is 6.63. The van der Waals surface area contributed by atoms with Gasteiger partial charge in [-0.3, -0.25) is 0 Å². The van der Waals surface area contributed by atoms with Crippen molar-refractivity contribution in [2.75, 3.05) is 12.0 Å². The van der Waals surface area contributed by atoms with Crippen LogP contribution in [0.15, 0.2) is 22.7 Å². The van der Waals surface area contributed by atoms with Gasteiger partial charge in [0.1, 0.15) is 0 Å². The molecular weight excluding hydrogens is 364 g/mol. The first-order valence-corrected chi connectivity index (χ1v) is 7.84. The first kappa shape index (κ1) is 13.9. The van der Waals surface area contributed by atoms with E-state index in [1.165, 1.54) is 29.6 Å². The van der Waals surface area contributed by atoms with E-state index in [1.807, 2.05) is 6.07 Å². The smallest absolute Gasteiger partial charge is 0.351 e. The van der Waals surface area contributed by atoms with Gasteiger partial charge in [0.25, 0.3) is 0 Å². The lowest BCUT2D eigenvalue weighted by Gasteiger charge is -2.12. The first-order valence-electron chi connectivity index (χ1n) is 5.85. The maximum absolute atomic E-state index is 11.6. The zero-order chi connectivity index (χ0) is 14.3. The van der Waals surface area contributed by atoms with Crippen LogP contribution in [0, 0.1) is 0 Å². The highest BCUT2D eigenvalue weighted by Crippen LogP contribution is 2.35. The Hall–Kier alpha value is -1.11. The van der Waals surface area contributed by atoms with E-state index in [0.29, 0.717) is 4.88 Å². The Kier molecular flexibility index (Phi) is 3.70. The minimum Gasteiger partial charge on any atom is -0.465 e. The second-order valence-electron chi connectivity index (χ2n) is 4.38. The van der Waals surface area contributed by atoms with Crippen LogP contribution < -0.4 is 4.90 Å². The van der Waals surface area contributed by atoms with Crippen molar-refractivity contribution in [2.45, 2.75) is 13.1 Å². The number of hydrogen-bond donors (Lipinski definition) is 0. The summed E-state index contributed by atoms with van der Waals surface area (Å²) in [5.41, 5.74) is 2.52. The minimum atomic E-state index is -0.446. The van der Waals surface area contributed by atoms with Gasteiger partial charge in [-0.15, -0.1) is 0 Å². The van der Waals surface area contributed by atoms with Gasteiger partial charge in [0, 0.05) is 17.6 Å². The van der Waals surface area contributed by atoms with Gasteiger partial charge in [-0.1, -0.05) is 44.9 Å². The Balaban J connectivity index is 1.88. The summed E-state index contributed by atoms with van der Waals surface area (Å²) < 4.78 is 5.75. The fraction of sp³-hybridized carbons (Fsp3) is 0.231. The number of benzene rings is 1. The van der Waals surface area contributed by atoms with Crippen LogP contribution >= 0.6 is 38.9 Å². The molecule has 0 saturated carbocycles. The Labute approximate surface area is 133 Å². The summed E-state index contributed by atoms with van der Waals surface area (Å²) in [6.07, 6.45) is 0. The average molecular weight is 374 g/mol.